The van der Waals surface area contributed by atoms with E-state index in [1.54, 1.807) is 0 Å². The number of ketones is 2. The molecule has 0 saturated carbocycles. The van der Waals surface area contributed by atoms with E-state index in [1.807, 2.05) is 4.90 Å². The summed E-state index contributed by atoms with van der Waals surface area (Å²) in [5, 5.41) is 0. The molecular weight excluding hydrogens is 182 g/mol. The molecule has 2 aliphatic rings. The fraction of sp³-hybridized carbons (Fsp3) is 0.400. The molecule has 1 saturated heterocycles. The van der Waals surface area contributed by atoms with Crippen LogP contribution in [0.4, 0.5) is 0 Å². The molecule has 0 aromatic rings. The van der Waals surface area contributed by atoms with Crippen LogP contribution in [0.2, 0.25) is 0 Å². The van der Waals surface area contributed by atoms with Gasteiger partial charge in [0.25, 0.3) is 0 Å². The Bertz CT molecular complexity index is 324. The highest BCUT2D eigenvalue weighted by Crippen LogP contribution is 2.12. The minimum atomic E-state index is -0.119. The number of carbonyl (C=O) groups excluding carboxylic acids is 2. The molecule has 0 N–H and O–H groups in total. The van der Waals surface area contributed by atoms with Crippen LogP contribution in [0, 0.1) is 0 Å². The first-order valence-corrected chi connectivity index (χ1v) is 4.58. The first-order chi connectivity index (χ1) is 6.77. The summed E-state index contributed by atoms with van der Waals surface area (Å²) in [6.07, 6.45) is 4.02. The molecule has 1 heterocycles. The normalized spacial score (nSPS) is 22.6. The third-order valence-corrected chi connectivity index (χ3v) is 2.28. The Morgan fingerprint density at radius 1 is 1.14 bits per heavy atom. The summed E-state index contributed by atoms with van der Waals surface area (Å²) in [5.41, 5.74) is 0.501. The van der Waals surface area contributed by atoms with Crippen molar-refractivity contribution in [3.8, 4) is 0 Å². The van der Waals surface area contributed by atoms with Crippen molar-refractivity contribution < 1.29 is 14.3 Å². The van der Waals surface area contributed by atoms with Crippen molar-refractivity contribution in [2.45, 2.75) is 0 Å². The van der Waals surface area contributed by atoms with E-state index in [4.69, 9.17) is 4.74 Å². The fourth-order valence-electron chi connectivity index (χ4n) is 1.55. The molecular formula is C10H11NO3. The lowest BCUT2D eigenvalue weighted by atomic mass is 10.1. The Morgan fingerprint density at radius 2 is 1.86 bits per heavy atom. The van der Waals surface area contributed by atoms with Crippen LogP contribution in [-0.2, 0) is 14.3 Å². The summed E-state index contributed by atoms with van der Waals surface area (Å²) in [4.78, 5) is 24.4. The lowest BCUT2D eigenvalue weighted by molar-refractivity contribution is -0.116. The van der Waals surface area contributed by atoms with E-state index in [-0.39, 0.29) is 11.6 Å². The quantitative estimate of drug-likeness (QED) is 0.546. The summed E-state index contributed by atoms with van der Waals surface area (Å²) in [6.45, 7) is 2.59. The van der Waals surface area contributed by atoms with Crippen LogP contribution in [-0.4, -0.2) is 42.8 Å². The van der Waals surface area contributed by atoms with Gasteiger partial charge in [-0.15, -0.1) is 0 Å². The summed E-state index contributed by atoms with van der Waals surface area (Å²) in [5.74, 6) is -0.211. The molecule has 0 bridgehead atoms. The van der Waals surface area contributed by atoms with E-state index in [2.05, 4.69) is 0 Å². The smallest absolute Gasteiger partial charge is 0.202 e. The molecule has 0 amide bonds. The second-order valence-corrected chi connectivity index (χ2v) is 3.23. The van der Waals surface area contributed by atoms with Gasteiger partial charge in [0.2, 0.25) is 5.78 Å². The number of carbonyl (C=O) groups is 2. The summed E-state index contributed by atoms with van der Waals surface area (Å²) in [7, 11) is 0. The zero-order valence-electron chi connectivity index (χ0n) is 7.73. The van der Waals surface area contributed by atoms with Crippen molar-refractivity contribution >= 4 is 11.6 Å². The minimum absolute atomic E-state index is 0.0912. The van der Waals surface area contributed by atoms with Crippen LogP contribution in [0.5, 0.6) is 0 Å². The second-order valence-electron chi connectivity index (χ2n) is 3.23. The van der Waals surface area contributed by atoms with Crippen molar-refractivity contribution in [2.75, 3.05) is 26.3 Å². The Balaban J connectivity index is 2.15. The SMILES string of the molecule is O=C1C=CC(=O)C(N2CCOCC2)=C1. The third kappa shape index (κ3) is 1.75. The van der Waals surface area contributed by atoms with Gasteiger partial charge in [-0.1, -0.05) is 0 Å². The van der Waals surface area contributed by atoms with Gasteiger partial charge < -0.3 is 9.64 Å². The average Bonchev–Trinajstić information content (AvgIpc) is 2.23. The van der Waals surface area contributed by atoms with Gasteiger partial charge in [-0.3, -0.25) is 9.59 Å². The maximum Gasteiger partial charge on any atom is 0.202 e. The zero-order valence-corrected chi connectivity index (χ0v) is 7.73. The highest BCUT2D eigenvalue weighted by atomic mass is 16.5. The van der Waals surface area contributed by atoms with E-state index < -0.39 is 0 Å². The van der Waals surface area contributed by atoms with E-state index >= 15 is 0 Å². The van der Waals surface area contributed by atoms with Crippen LogP contribution in [0.25, 0.3) is 0 Å². The number of ether oxygens (including phenoxy) is 1. The molecule has 14 heavy (non-hydrogen) atoms. The van der Waals surface area contributed by atoms with E-state index in [0.717, 1.165) is 0 Å². The van der Waals surface area contributed by atoms with Crippen molar-refractivity contribution in [3.05, 3.63) is 23.9 Å². The summed E-state index contributed by atoms with van der Waals surface area (Å²) in [6, 6.07) is 0. The standard InChI is InChI=1S/C10H11NO3/c12-8-1-2-10(13)9(7-8)11-3-5-14-6-4-11/h1-2,7H,3-6H2. The van der Waals surface area contributed by atoms with E-state index in [1.165, 1.54) is 18.2 Å². The maximum atomic E-state index is 11.4. The number of morpholine rings is 1. The topological polar surface area (TPSA) is 46.6 Å². The van der Waals surface area contributed by atoms with Gasteiger partial charge in [0, 0.05) is 19.2 Å². The molecule has 4 nitrogen and oxygen atoms in total. The molecule has 1 fully saturated rings. The van der Waals surface area contributed by atoms with Gasteiger partial charge in [0.1, 0.15) is 0 Å². The molecule has 0 atom stereocenters. The van der Waals surface area contributed by atoms with Crippen molar-refractivity contribution in [1.29, 1.82) is 0 Å². The maximum absolute atomic E-state index is 11.4. The Hall–Kier alpha value is -1.42. The Kier molecular flexibility index (Phi) is 2.45. The average molecular weight is 193 g/mol. The lowest BCUT2D eigenvalue weighted by Gasteiger charge is -2.30. The van der Waals surface area contributed by atoms with Crippen LogP contribution in [0.3, 0.4) is 0 Å². The van der Waals surface area contributed by atoms with Gasteiger partial charge in [0.15, 0.2) is 5.78 Å². The first-order valence-electron chi connectivity index (χ1n) is 4.58. The van der Waals surface area contributed by atoms with Crippen molar-refractivity contribution in [1.82, 2.24) is 4.90 Å². The van der Waals surface area contributed by atoms with Gasteiger partial charge >= 0.3 is 0 Å². The second kappa shape index (κ2) is 3.75. The number of hydrogen-bond donors (Lipinski definition) is 0. The van der Waals surface area contributed by atoms with Gasteiger partial charge in [-0.05, 0) is 12.2 Å². The van der Waals surface area contributed by atoms with E-state index in [0.29, 0.717) is 32.0 Å². The molecule has 0 radical (unpaired) electrons. The van der Waals surface area contributed by atoms with E-state index in [9.17, 15) is 9.59 Å². The van der Waals surface area contributed by atoms with Crippen molar-refractivity contribution in [2.24, 2.45) is 0 Å². The lowest BCUT2D eigenvalue weighted by Crippen LogP contribution is -2.38. The molecule has 0 spiro atoms. The highest BCUT2D eigenvalue weighted by Gasteiger charge is 2.21. The summed E-state index contributed by atoms with van der Waals surface area (Å²) >= 11 is 0. The molecule has 74 valence electrons. The van der Waals surface area contributed by atoms with Crippen LogP contribution < -0.4 is 0 Å². The highest BCUT2D eigenvalue weighted by molar-refractivity contribution is 6.16. The molecule has 0 aromatic carbocycles. The van der Waals surface area contributed by atoms with Gasteiger partial charge in [0.05, 0.1) is 18.9 Å². The minimum Gasteiger partial charge on any atom is -0.378 e. The molecule has 2 rings (SSSR count). The fourth-order valence-corrected chi connectivity index (χ4v) is 1.55. The predicted octanol–water partition coefficient (Wildman–Crippen LogP) is -0.0895. The molecule has 1 aliphatic carbocycles. The largest absolute Gasteiger partial charge is 0.378 e. The Morgan fingerprint density at radius 3 is 2.57 bits per heavy atom. The third-order valence-electron chi connectivity index (χ3n) is 2.28. The number of allylic oxidation sites excluding steroid dienone is 3. The van der Waals surface area contributed by atoms with Crippen LogP contribution in [0.15, 0.2) is 23.9 Å². The molecule has 0 unspecified atom stereocenters. The zero-order chi connectivity index (χ0) is 9.97. The van der Waals surface area contributed by atoms with Crippen LogP contribution in [0.1, 0.15) is 0 Å². The number of hydrogen-bond acceptors (Lipinski definition) is 4. The Labute approximate surface area is 81.8 Å². The predicted molar refractivity (Wildman–Crippen MR) is 49.6 cm³/mol. The summed E-state index contributed by atoms with van der Waals surface area (Å²) < 4.78 is 5.17. The molecule has 4 heteroatoms. The molecule has 1 aliphatic heterocycles. The molecule has 0 aromatic heterocycles. The number of nitrogens with zero attached hydrogens (tertiary/aromatic N) is 1. The monoisotopic (exact) mass is 193 g/mol. The van der Waals surface area contributed by atoms with Gasteiger partial charge in [-0.2, -0.15) is 0 Å². The number of rotatable bonds is 1. The van der Waals surface area contributed by atoms with Crippen LogP contribution >= 0.6 is 0 Å². The van der Waals surface area contributed by atoms with Crippen molar-refractivity contribution in [3.63, 3.8) is 0 Å². The first kappa shape index (κ1) is 9.15. The van der Waals surface area contributed by atoms with Gasteiger partial charge in [-0.25, -0.2) is 0 Å².